The van der Waals surface area contributed by atoms with E-state index in [4.69, 9.17) is 0 Å². The maximum Gasteiger partial charge on any atom is 0.229 e. The molecule has 26 heavy (non-hydrogen) atoms. The van der Waals surface area contributed by atoms with Crippen molar-refractivity contribution in [3.05, 3.63) is 89.6 Å². The molecule has 1 heterocycles. The molecule has 2 N–H and O–H groups in total. The summed E-state index contributed by atoms with van der Waals surface area (Å²) in [6.07, 6.45) is 2.09. The van der Waals surface area contributed by atoms with E-state index in [-0.39, 0.29) is 11.9 Å². The predicted molar refractivity (Wildman–Crippen MR) is 106 cm³/mol. The molecule has 1 aromatic heterocycles. The van der Waals surface area contributed by atoms with Crippen LogP contribution in [0.3, 0.4) is 0 Å². The molecule has 2 aromatic carbocycles. The fraction of sp³-hybridized carbons (Fsp3) is 0.182. The maximum atomic E-state index is 12.2. The van der Waals surface area contributed by atoms with Gasteiger partial charge in [-0.15, -0.1) is 0 Å². The highest BCUT2D eigenvalue weighted by Gasteiger charge is 2.08. The van der Waals surface area contributed by atoms with Crippen LogP contribution in [0.5, 0.6) is 0 Å². The fourth-order valence-corrected chi connectivity index (χ4v) is 2.80. The van der Waals surface area contributed by atoms with Gasteiger partial charge in [0.25, 0.3) is 0 Å². The molecular weight excluding hydrogens is 322 g/mol. The molecule has 0 bridgehead atoms. The van der Waals surface area contributed by atoms with Gasteiger partial charge in [-0.3, -0.25) is 4.79 Å². The van der Waals surface area contributed by atoms with Crippen molar-refractivity contribution < 1.29 is 4.79 Å². The first kappa shape index (κ1) is 17.7. The lowest BCUT2D eigenvalue weighted by molar-refractivity contribution is -0.115. The van der Waals surface area contributed by atoms with E-state index in [2.05, 4.69) is 34.7 Å². The van der Waals surface area contributed by atoms with Gasteiger partial charge in [-0.25, -0.2) is 4.98 Å². The van der Waals surface area contributed by atoms with E-state index in [1.54, 1.807) is 6.20 Å². The maximum absolute atomic E-state index is 12.2. The number of pyridine rings is 1. The zero-order valence-corrected chi connectivity index (χ0v) is 15.1. The van der Waals surface area contributed by atoms with Crippen molar-refractivity contribution in [2.24, 2.45) is 0 Å². The largest absolute Gasteiger partial charge is 0.377 e. The zero-order chi connectivity index (χ0) is 18.4. The number of carbonyl (C=O) groups excluding carboxylic acids is 1. The highest BCUT2D eigenvalue weighted by atomic mass is 16.1. The van der Waals surface area contributed by atoms with E-state index in [1.165, 1.54) is 5.56 Å². The molecule has 4 heteroatoms. The van der Waals surface area contributed by atoms with E-state index in [0.717, 1.165) is 16.8 Å². The second kappa shape index (κ2) is 8.30. The molecule has 0 fully saturated rings. The summed E-state index contributed by atoms with van der Waals surface area (Å²) in [4.78, 5) is 16.6. The molecule has 0 radical (unpaired) electrons. The van der Waals surface area contributed by atoms with Crippen molar-refractivity contribution in [1.29, 1.82) is 0 Å². The quantitative estimate of drug-likeness (QED) is 0.678. The monoisotopic (exact) mass is 345 g/mol. The topological polar surface area (TPSA) is 54.0 Å². The summed E-state index contributed by atoms with van der Waals surface area (Å²) in [6, 6.07) is 22.1. The van der Waals surface area contributed by atoms with E-state index in [1.807, 2.05) is 61.5 Å². The summed E-state index contributed by atoms with van der Waals surface area (Å²) >= 11 is 0. The molecule has 1 atom stereocenters. The minimum atomic E-state index is -0.0647. The lowest BCUT2D eigenvalue weighted by Crippen LogP contribution is -2.16. The van der Waals surface area contributed by atoms with Gasteiger partial charge < -0.3 is 10.6 Å². The van der Waals surface area contributed by atoms with Crippen molar-refractivity contribution in [2.75, 3.05) is 10.6 Å². The van der Waals surface area contributed by atoms with Crippen LogP contribution in [0.25, 0.3) is 0 Å². The first-order valence-electron chi connectivity index (χ1n) is 8.74. The molecule has 0 spiro atoms. The Hall–Kier alpha value is -3.14. The Balaban J connectivity index is 1.57. The molecule has 1 unspecified atom stereocenters. The molecule has 132 valence electrons. The SMILES string of the molecule is Cc1ccccc1CC(=O)Nc1ccc(NC(C)c2ccccc2)cn1. The number of aromatic nitrogens is 1. The van der Waals surface area contributed by atoms with Crippen molar-refractivity contribution in [3.63, 3.8) is 0 Å². The van der Waals surface area contributed by atoms with E-state index < -0.39 is 0 Å². The highest BCUT2D eigenvalue weighted by Crippen LogP contribution is 2.19. The minimum Gasteiger partial charge on any atom is -0.377 e. The first-order chi connectivity index (χ1) is 12.6. The van der Waals surface area contributed by atoms with Crippen molar-refractivity contribution >= 4 is 17.4 Å². The number of rotatable bonds is 6. The van der Waals surface area contributed by atoms with Crippen LogP contribution in [-0.2, 0) is 11.2 Å². The van der Waals surface area contributed by atoms with Crippen LogP contribution in [0, 0.1) is 6.92 Å². The molecule has 4 nitrogen and oxygen atoms in total. The average molecular weight is 345 g/mol. The summed E-state index contributed by atoms with van der Waals surface area (Å²) in [5.41, 5.74) is 4.27. The molecule has 3 rings (SSSR count). The third-order valence-corrected chi connectivity index (χ3v) is 4.33. The van der Waals surface area contributed by atoms with Crippen LogP contribution in [0.1, 0.15) is 29.7 Å². The number of aryl methyl sites for hydroxylation is 1. The summed E-state index contributed by atoms with van der Waals surface area (Å²) in [7, 11) is 0. The number of amides is 1. The molecule has 0 saturated heterocycles. The third-order valence-electron chi connectivity index (χ3n) is 4.33. The molecule has 3 aromatic rings. The van der Waals surface area contributed by atoms with Gasteiger partial charge >= 0.3 is 0 Å². The summed E-state index contributed by atoms with van der Waals surface area (Å²) in [6.45, 7) is 4.11. The number of hydrogen-bond donors (Lipinski definition) is 2. The average Bonchev–Trinajstić information content (AvgIpc) is 2.66. The normalized spacial score (nSPS) is 11.6. The number of carbonyl (C=O) groups is 1. The lowest BCUT2D eigenvalue weighted by atomic mass is 10.1. The van der Waals surface area contributed by atoms with Crippen LogP contribution in [-0.4, -0.2) is 10.9 Å². The number of anilines is 2. The van der Waals surface area contributed by atoms with Gasteiger partial charge in [-0.1, -0.05) is 54.6 Å². The number of benzene rings is 2. The molecule has 0 saturated carbocycles. The first-order valence-corrected chi connectivity index (χ1v) is 8.74. The zero-order valence-electron chi connectivity index (χ0n) is 15.1. The van der Waals surface area contributed by atoms with E-state index in [0.29, 0.717) is 12.2 Å². The molecule has 0 aliphatic carbocycles. The molecule has 0 aliphatic heterocycles. The Labute approximate surface area is 154 Å². The number of nitrogens with one attached hydrogen (secondary N) is 2. The Morgan fingerprint density at radius 2 is 1.73 bits per heavy atom. The smallest absolute Gasteiger partial charge is 0.229 e. The molecule has 1 amide bonds. The van der Waals surface area contributed by atoms with Crippen LogP contribution >= 0.6 is 0 Å². The van der Waals surface area contributed by atoms with Crippen molar-refractivity contribution in [1.82, 2.24) is 4.98 Å². The molecular formula is C22H23N3O. The Bertz CT molecular complexity index is 860. The number of hydrogen-bond acceptors (Lipinski definition) is 3. The van der Waals surface area contributed by atoms with Gasteiger partial charge in [0.05, 0.1) is 18.3 Å². The van der Waals surface area contributed by atoms with Gasteiger partial charge in [0.15, 0.2) is 0 Å². The van der Waals surface area contributed by atoms with E-state index in [9.17, 15) is 4.79 Å². The standard InChI is InChI=1S/C22H23N3O/c1-16-8-6-7-11-19(16)14-22(26)25-21-13-12-20(15-23-21)24-17(2)18-9-4-3-5-10-18/h3-13,15,17,24H,14H2,1-2H3,(H,23,25,26). The summed E-state index contributed by atoms with van der Waals surface area (Å²) in [5.74, 6) is 0.492. The van der Waals surface area contributed by atoms with Crippen LogP contribution in [0.2, 0.25) is 0 Å². The van der Waals surface area contributed by atoms with E-state index >= 15 is 0 Å². The van der Waals surface area contributed by atoms with Gasteiger partial charge in [0.1, 0.15) is 5.82 Å². The Morgan fingerprint density at radius 1 is 1.00 bits per heavy atom. The fourth-order valence-electron chi connectivity index (χ4n) is 2.80. The second-order valence-corrected chi connectivity index (χ2v) is 6.36. The van der Waals surface area contributed by atoms with Gasteiger partial charge in [-0.05, 0) is 42.7 Å². The third kappa shape index (κ3) is 4.70. The Kier molecular flexibility index (Phi) is 5.64. The predicted octanol–water partition coefficient (Wildman–Crippen LogP) is 4.74. The second-order valence-electron chi connectivity index (χ2n) is 6.36. The van der Waals surface area contributed by atoms with Gasteiger partial charge in [-0.2, -0.15) is 0 Å². The van der Waals surface area contributed by atoms with Crippen LogP contribution < -0.4 is 10.6 Å². The lowest BCUT2D eigenvalue weighted by Gasteiger charge is -2.15. The van der Waals surface area contributed by atoms with Gasteiger partial charge in [0, 0.05) is 6.04 Å². The van der Waals surface area contributed by atoms with Gasteiger partial charge in [0.2, 0.25) is 5.91 Å². The summed E-state index contributed by atoms with van der Waals surface area (Å²) < 4.78 is 0. The molecule has 0 aliphatic rings. The minimum absolute atomic E-state index is 0.0647. The summed E-state index contributed by atoms with van der Waals surface area (Å²) in [5, 5.41) is 6.26. The van der Waals surface area contributed by atoms with Crippen molar-refractivity contribution in [2.45, 2.75) is 26.3 Å². The van der Waals surface area contributed by atoms with Crippen LogP contribution in [0.15, 0.2) is 72.9 Å². The highest BCUT2D eigenvalue weighted by molar-refractivity contribution is 5.91. The van der Waals surface area contributed by atoms with Crippen LogP contribution in [0.4, 0.5) is 11.5 Å². The number of nitrogens with zero attached hydrogens (tertiary/aromatic N) is 1. The Morgan fingerprint density at radius 3 is 2.42 bits per heavy atom. The van der Waals surface area contributed by atoms with Crippen molar-refractivity contribution in [3.8, 4) is 0 Å².